The Balaban J connectivity index is 1.39. The molecule has 0 unspecified atom stereocenters. The van der Waals surface area contributed by atoms with Gasteiger partial charge in [-0.2, -0.15) is 0 Å². The average Bonchev–Trinajstić information content (AvgIpc) is 3.57. The molecule has 162 valence electrons. The van der Waals surface area contributed by atoms with Crippen molar-refractivity contribution in [2.24, 2.45) is 0 Å². The predicted molar refractivity (Wildman–Crippen MR) is 140 cm³/mol. The first-order chi connectivity index (χ1) is 17.3. The van der Waals surface area contributed by atoms with Crippen LogP contribution in [0, 0.1) is 0 Å². The Labute approximate surface area is 200 Å². The second-order valence-electron chi connectivity index (χ2n) is 9.76. The van der Waals surface area contributed by atoms with E-state index in [2.05, 4.69) is 69.0 Å². The van der Waals surface area contributed by atoms with Crippen molar-refractivity contribution >= 4 is 38.4 Å². The number of benzene rings is 3. The van der Waals surface area contributed by atoms with Crippen LogP contribution in [0.15, 0.2) is 85.5 Å². The predicted octanol–water partition coefficient (Wildman–Crippen LogP) is 6.73. The molecule has 7 aromatic rings. The van der Waals surface area contributed by atoms with Crippen molar-refractivity contribution in [2.45, 2.75) is 12.8 Å². The number of hydrogen-bond acceptors (Lipinski definition) is 3. The summed E-state index contributed by atoms with van der Waals surface area (Å²) in [4.78, 5) is 13.8. The highest BCUT2D eigenvalue weighted by atomic mass is 15.0. The summed E-state index contributed by atoms with van der Waals surface area (Å²) in [5, 5.41) is 3.61. The van der Waals surface area contributed by atoms with Gasteiger partial charge in [0.1, 0.15) is 11.2 Å². The molecule has 0 aliphatic heterocycles. The van der Waals surface area contributed by atoms with E-state index in [1.807, 2.05) is 30.9 Å². The van der Waals surface area contributed by atoms with Crippen LogP contribution >= 0.6 is 0 Å². The van der Waals surface area contributed by atoms with Gasteiger partial charge in [0, 0.05) is 23.2 Å². The second-order valence-corrected chi connectivity index (χ2v) is 9.76. The molecule has 0 N–H and O–H groups in total. The van der Waals surface area contributed by atoms with Crippen LogP contribution in [0.25, 0.3) is 60.6 Å². The van der Waals surface area contributed by atoms with E-state index >= 15 is 0 Å². The molecule has 4 aromatic heterocycles. The number of imidazole rings is 1. The Morgan fingerprint density at radius 1 is 0.571 bits per heavy atom. The summed E-state index contributed by atoms with van der Waals surface area (Å²) in [5.74, 6) is 0. The van der Waals surface area contributed by atoms with Crippen LogP contribution in [0.2, 0.25) is 0 Å². The highest BCUT2D eigenvalue weighted by molar-refractivity contribution is 6.15. The van der Waals surface area contributed by atoms with Crippen LogP contribution in [0.5, 0.6) is 0 Å². The Bertz CT molecular complexity index is 2070. The van der Waals surface area contributed by atoms with Gasteiger partial charge in [0.05, 0.1) is 23.4 Å². The molecule has 3 aromatic carbocycles. The first kappa shape index (κ1) is 17.8. The second kappa shape index (κ2) is 6.10. The summed E-state index contributed by atoms with van der Waals surface area (Å²) >= 11 is 0. The van der Waals surface area contributed by atoms with Gasteiger partial charge in [-0.05, 0) is 93.1 Å². The molecule has 0 fully saturated rings. The molecule has 0 bridgehead atoms. The van der Waals surface area contributed by atoms with E-state index in [4.69, 9.17) is 4.98 Å². The van der Waals surface area contributed by atoms with Gasteiger partial charge in [0.25, 0.3) is 0 Å². The van der Waals surface area contributed by atoms with Crippen molar-refractivity contribution in [3.05, 3.63) is 108 Å². The maximum absolute atomic E-state index is 5.02. The molecule has 0 atom stereocenters. The fourth-order valence-electron chi connectivity index (χ4n) is 6.44. The molecular weight excluding hydrogens is 428 g/mol. The summed E-state index contributed by atoms with van der Waals surface area (Å²) in [7, 11) is 0. The lowest BCUT2D eigenvalue weighted by atomic mass is 9.96. The molecule has 4 heterocycles. The van der Waals surface area contributed by atoms with Crippen LogP contribution in [0.3, 0.4) is 0 Å². The maximum Gasteiger partial charge on any atom is 0.146 e. The smallest absolute Gasteiger partial charge is 0.146 e. The molecular formula is C31H18N4. The molecule has 0 saturated heterocycles. The molecule has 9 rings (SSSR count). The quantitative estimate of drug-likeness (QED) is 0.243. The molecule has 0 saturated carbocycles. The van der Waals surface area contributed by atoms with Gasteiger partial charge in [-0.1, -0.05) is 30.3 Å². The standard InChI is InChI=1S/C31H18N4/c1-2-4-21-17(3-1)9-18-10-19-11-20-12-27-26(14-25(20)24(19)13-23(18)21)22-5-7-33-16-30(22)35-29-6-8-32-15-28(29)34-31(27)35/h1-8,10,12-16H,9,11H2. The third kappa shape index (κ3) is 2.20. The van der Waals surface area contributed by atoms with Crippen molar-refractivity contribution < 1.29 is 0 Å². The van der Waals surface area contributed by atoms with Crippen molar-refractivity contribution in [2.75, 3.05) is 0 Å². The fraction of sp³-hybridized carbons (Fsp3) is 0.0645. The SMILES string of the molecule is c1ccc2c(c1)Cc1cc3c(cc1-2)-c1cc2c4ccncc4n4c5ccncc5nc4c2cc1C3. The van der Waals surface area contributed by atoms with E-state index in [-0.39, 0.29) is 0 Å². The lowest BCUT2D eigenvalue weighted by Gasteiger charge is -2.11. The lowest BCUT2D eigenvalue weighted by Crippen LogP contribution is -1.93. The number of nitrogens with zero attached hydrogens (tertiary/aromatic N) is 4. The Kier molecular flexibility index (Phi) is 3.11. The molecule has 4 nitrogen and oxygen atoms in total. The fourth-order valence-corrected chi connectivity index (χ4v) is 6.44. The van der Waals surface area contributed by atoms with Crippen LogP contribution in [0.4, 0.5) is 0 Å². The highest BCUT2D eigenvalue weighted by Crippen LogP contribution is 2.46. The number of rotatable bonds is 0. The highest BCUT2D eigenvalue weighted by Gasteiger charge is 2.26. The van der Waals surface area contributed by atoms with Crippen LogP contribution in [-0.4, -0.2) is 19.4 Å². The molecule has 2 aliphatic carbocycles. The number of aromatic nitrogens is 4. The zero-order valence-corrected chi connectivity index (χ0v) is 18.8. The Morgan fingerprint density at radius 2 is 1.34 bits per heavy atom. The van der Waals surface area contributed by atoms with E-state index in [0.717, 1.165) is 35.0 Å². The van der Waals surface area contributed by atoms with Crippen molar-refractivity contribution in [1.29, 1.82) is 0 Å². The van der Waals surface area contributed by atoms with Gasteiger partial charge in [-0.15, -0.1) is 0 Å². The molecule has 4 heteroatoms. The topological polar surface area (TPSA) is 43.1 Å². The van der Waals surface area contributed by atoms with Crippen molar-refractivity contribution in [3.8, 4) is 22.3 Å². The number of fused-ring (bicyclic) bond motifs is 14. The van der Waals surface area contributed by atoms with E-state index in [1.165, 1.54) is 60.7 Å². The summed E-state index contributed by atoms with van der Waals surface area (Å²) in [5.41, 5.74) is 15.2. The van der Waals surface area contributed by atoms with E-state index in [1.54, 1.807) is 0 Å². The normalized spacial score (nSPS) is 13.5. The van der Waals surface area contributed by atoms with E-state index in [9.17, 15) is 0 Å². The van der Waals surface area contributed by atoms with Crippen molar-refractivity contribution in [1.82, 2.24) is 19.4 Å². The summed E-state index contributed by atoms with van der Waals surface area (Å²) < 4.78 is 2.24. The van der Waals surface area contributed by atoms with Crippen LogP contribution < -0.4 is 0 Å². The van der Waals surface area contributed by atoms with E-state index in [0.29, 0.717) is 0 Å². The van der Waals surface area contributed by atoms with Gasteiger partial charge in [-0.3, -0.25) is 14.4 Å². The lowest BCUT2D eigenvalue weighted by molar-refractivity contribution is 1.21. The third-order valence-electron chi connectivity index (χ3n) is 7.96. The molecule has 2 aliphatic rings. The van der Waals surface area contributed by atoms with E-state index < -0.39 is 0 Å². The largest absolute Gasteiger partial charge is 0.290 e. The Morgan fingerprint density at radius 3 is 2.31 bits per heavy atom. The maximum atomic E-state index is 5.02. The monoisotopic (exact) mass is 446 g/mol. The van der Waals surface area contributed by atoms with Gasteiger partial charge in [0.15, 0.2) is 0 Å². The number of hydrogen-bond donors (Lipinski definition) is 0. The van der Waals surface area contributed by atoms with Crippen molar-refractivity contribution in [3.63, 3.8) is 0 Å². The summed E-state index contributed by atoms with van der Waals surface area (Å²) in [6, 6.07) is 22.6. The minimum atomic E-state index is 0.907. The zero-order chi connectivity index (χ0) is 22.7. The van der Waals surface area contributed by atoms with Crippen LogP contribution in [0.1, 0.15) is 22.3 Å². The average molecular weight is 447 g/mol. The minimum Gasteiger partial charge on any atom is -0.290 e. The zero-order valence-electron chi connectivity index (χ0n) is 18.8. The first-order valence-electron chi connectivity index (χ1n) is 12.0. The summed E-state index contributed by atoms with van der Waals surface area (Å²) in [6.45, 7) is 0. The molecule has 0 radical (unpaired) electrons. The van der Waals surface area contributed by atoms with Crippen LogP contribution in [-0.2, 0) is 12.8 Å². The van der Waals surface area contributed by atoms with Gasteiger partial charge in [0.2, 0.25) is 0 Å². The van der Waals surface area contributed by atoms with Gasteiger partial charge < -0.3 is 0 Å². The number of pyridine rings is 3. The molecule has 35 heavy (non-hydrogen) atoms. The Hall–Kier alpha value is -4.57. The van der Waals surface area contributed by atoms with Gasteiger partial charge >= 0.3 is 0 Å². The first-order valence-corrected chi connectivity index (χ1v) is 12.0. The van der Waals surface area contributed by atoms with Gasteiger partial charge in [-0.25, -0.2) is 4.98 Å². The minimum absolute atomic E-state index is 0.907. The summed E-state index contributed by atoms with van der Waals surface area (Å²) in [6.07, 6.45) is 9.52. The molecule has 0 amide bonds. The third-order valence-corrected chi connectivity index (χ3v) is 7.96. The molecule has 0 spiro atoms.